The summed E-state index contributed by atoms with van der Waals surface area (Å²) in [6, 6.07) is -0.725. The predicted octanol–water partition coefficient (Wildman–Crippen LogP) is 8.44. The van der Waals surface area contributed by atoms with Gasteiger partial charge in [-0.15, -0.1) is 0 Å². The fraction of sp³-hybridized carbons (Fsp3) is 0.756. The molecular weight excluding hydrogens is 682 g/mol. The highest BCUT2D eigenvalue weighted by Crippen LogP contribution is 2.23. The van der Waals surface area contributed by atoms with Crippen molar-refractivity contribution in [1.29, 1.82) is 0 Å². The van der Waals surface area contributed by atoms with Crippen molar-refractivity contribution in [2.45, 2.75) is 204 Å². The zero-order valence-electron chi connectivity index (χ0n) is 34.0. The van der Waals surface area contributed by atoms with Gasteiger partial charge in [0.15, 0.2) is 6.29 Å². The summed E-state index contributed by atoms with van der Waals surface area (Å²) in [6.07, 6.45) is 38.1. The van der Waals surface area contributed by atoms with Gasteiger partial charge in [-0.1, -0.05) is 158 Å². The quantitative estimate of drug-likeness (QED) is 0.0283. The molecule has 9 nitrogen and oxygen atoms in total. The first-order valence-corrected chi connectivity index (χ1v) is 21.5. The predicted molar refractivity (Wildman–Crippen MR) is 221 cm³/mol. The molecule has 0 aromatic rings. The third-order valence-electron chi connectivity index (χ3n) is 9.89. The lowest BCUT2D eigenvalue weighted by atomic mass is 9.99. The molecule has 1 aliphatic heterocycles. The molecule has 7 atom stereocenters. The van der Waals surface area contributed by atoms with E-state index in [0.717, 1.165) is 83.5 Å². The van der Waals surface area contributed by atoms with Gasteiger partial charge in [0.05, 0.1) is 25.4 Å². The van der Waals surface area contributed by atoms with Crippen molar-refractivity contribution in [3.05, 3.63) is 60.8 Å². The van der Waals surface area contributed by atoms with Crippen LogP contribution >= 0.6 is 0 Å². The van der Waals surface area contributed by atoms with Gasteiger partial charge in [-0.25, -0.2) is 0 Å². The molecule has 1 aliphatic rings. The molecule has 1 amide bonds. The van der Waals surface area contributed by atoms with E-state index >= 15 is 0 Å². The fourth-order valence-electron chi connectivity index (χ4n) is 6.42. The van der Waals surface area contributed by atoms with Crippen LogP contribution in [0.4, 0.5) is 0 Å². The fourth-order valence-corrected chi connectivity index (χ4v) is 6.42. The second kappa shape index (κ2) is 35.3. The Labute approximate surface area is 328 Å². The summed E-state index contributed by atoms with van der Waals surface area (Å²) in [7, 11) is 0. The molecule has 1 heterocycles. The minimum absolute atomic E-state index is 0.147. The number of carbonyl (C=O) groups excluding carboxylic acids is 1. The van der Waals surface area contributed by atoms with Crippen LogP contribution in [0.2, 0.25) is 0 Å². The van der Waals surface area contributed by atoms with Gasteiger partial charge in [-0.2, -0.15) is 0 Å². The molecule has 0 bridgehead atoms. The third kappa shape index (κ3) is 25.9. The molecule has 1 saturated heterocycles. The van der Waals surface area contributed by atoms with E-state index in [-0.39, 0.29) is 12.5 Å². The van der Waals surface area contributed by atoms with Crippen LogP contribution < -0.4 is 5.32 Å². The van der Waals surface area contributed by atoms with Crippen LogP contribution in [0.1, 0.15) is 162 Å². The first kappa shape index (κ1) is 49.9. The minimum atomic E-state index is -1.56. The molecule has 9 heteroatoms. The summed E-state index contributed by atoms with van der Waals surface area (Å²) < 4.78 is 11.2. The Morgan fingerprint density at radius 2 is 1.15 bits per heavy atom. The van der Waals surface area contributed by atoms with Crippen molar-refractivity contribution in [3.63, 3.8) is 0 Å². The van der Waals surface area contributed by atoms with Crippen LogP contribution in [-0.4, -0.2) is 87.5 Å². The van der Waals surface area contributed by atoms with Gasteiger partial charge in [0.25, 0.3) is 0 Å². The second-order valence-corrected chi connectivity index (χ2v) is 14.8. The standard InChI is InChI=1S/C45H79NO8/c1-3-5-7-9-11-13-14-15-16-17-18-19-20-21-22-23-24-25-26-27-29-31-33-35-41(49)46-38(39(48)34-32-30-28-12-10-8-6-4-2)37-53-45-44(52)43(51)42(50)40(36-47)54-45/h5,7,11,13,15-16,18-19,21-22,38-40,42-45,47-48,50-52H,3-4,6,8-10,12,14,17,20,23-37H2,1-2H3,(H,46,49)/b7-5-,13-11-,16-15-,19-18-,22-21-. The number of aliphatic hydroxyl groups excluding tert-OH is 5. The van der Waals surface area contributed by atoms with Crippen LogP contribution in [0, 0.1) is 0 Å². The number of carbonyl (C=O) groups is 1. The maximum Gasteiger partial charge on any atom is 0.220 e. The van der Waals surface area contributed by atoms with Crippen LogP contribution in [-0.2, 0) is 14.3 Å². The van der Waals surface area contributed by atoms with E-state index in [4.69, 9.17) is 9.47 Å². The van der Waals surface area contributed by atoms with Gasteiger partial charge < -0.3 is 40.3 Å². The summed E-state index contributed by atoms with van der Waals surface area (Å²) in [5.41, 5.74) is 0. The molecule has 0 saturated carbocycles. The summed E-state index contributed by atoms with van der Waals surface area (Å²) in [5.74, 6) is -0.163. The van der Waals surface area contributed by atoms with Crippen molar-refractivity contribution in [3.8, 4) is 0 Å². The Bertz CT molecular complexity index is 1030. The zero-order chi connectivity index (χ0) is 39.5. The van der Waals surface area contributed by atoms with E-state index in [2.05, 4.69) is 79.9 Å². The number of hydrogen-bond acceptors (Lipinski definition) is 8. The lowest BCUT2D eigenvalue weighted by Gasteiger charge is -2.40. The van der Waals surface area contributed by atoms with Crippen LogP contribution in [0.15, 0.2) is 60.8 Å². The van der Waals surface area contributed by atoms with Crippen molar-refractivity contribution < 1.29 is 39.8 Å². The maximum atomic E-state index is 12.9. The molecule has 0 aromatic heterocycles. The molecule has 7 unspecified atom stereocenters. The van der Waals surface area contributed by atoms with E-state index < -0.39 is 49.5 Å². The Morgan fingerprint density at radius 1 is 0.648 bits per heavy atom. The van der Waals surface area contributed by atoms with Gasteiger partial charge in [0.1, 0.15) is 24.4 Å². The molecule has 312 valence electrons. The van der Waals surface area contributed by atoms with Gasteiger partial charge in [-0.3, -0.25) is 4.79 Å². The summed E-state index contributed by atoms with van der Waals surface area (Å²) >= 11 is 0. The molecule has 0 spiro atoms. The summed E-state index contributed by atoms with van der Waals surface area (Å²) in [5, 5.41) is 54.0. The molecule has 0 aromatic carbocycles. The topological polar surface area (TPSA) is 149 Å². The number of aliphatic hydroxyl groups is 5. The smallest absolute Gasteiger partial charge is 0.220 e. The largest absolute Gasteiger partial charge is 0.394 e. The van der Waals surface area contributed by atoms with E-state index in [1.54, 1.807) is 0 Å². The molecule has 1 fully saturated rings. The zero-order valence-corrected chi connectivity index (χ0v) is 34.0. The van der Waals surface area contributed by atoms with E-state index in [1.165, 1.54) is 51.4 Å². The van der Waals surface area contributed by atoms with E-state index in [1.807, 2.05) is 0 Å². The van der Waals surface area contributed by atoms with E-state index in [0.29, 0.717) is 12.8 Å². The molecule has 0 radical (unpaired) electrons. The molecule has 0 aliphatic carbocycles. The normalized spacial score (nSPS) is 22.1. The minimum Gasteiger partial charge on any atom is -0.394 e. The van der Waals surface area contributed by atoms with Gasteiger partial charge >= 0.3 is 0 Å². The first-order valence-electron chi connectivity index (χ1n) is 21.5. The highest BCUT2D eigenvalue weighted by Gasteiger charge is 2.44. The Hall–Kier alpha value is -2.11. The van der Waals surface area contributed by atoms with Crippen LogP contribution in [0.5, 0.6) is 0 Å². The lowest BCUT2D eigenvalue weighted by molar-refractivity contribution is -0.302. The SMILES string of the molecule is CC/C=C\C/C=C\C/C=C\C/C=C\C/C=C\CCCCCCCCCC(=O)NC(COC1OC(CO)C(O)C(O)C1O)C(O)CCCCCCCCCC. The van der Waals surface area contributed by atoms with Crippen molar-refractivity contribution in [2.24, 2.45) is 0 Å². The average Bonchev–Trinajstić information content (AvgIpc) is 3.17. The Kier molecular flexibility index (Phi) is 32.6. The van der Waals surface area contributed by atoms with Crippen LogP contribution in [0.25, 0.3) is 0 Å². The Morgan fingerprint density at radius 3 is 1.70 bits per heavy atom. The van der Waals surface area contributed by atoms with Gasteiger partial charge in [0, 0.05) is 6.42 Å². The number of nitrogens with one attached hydrogen (secondary N) is 1. The third-order valence-corrected chi connectivity index (χ3v) is 9.89. The van der Waals surface area contributed by atoms with E-state index in [9.17, 15) is 30.3 Å². The number of rotatable bonds is 34. The van der Waals surface area contributed by atoms with Crippen molar-refractivity contribution in [2.75, 3.05) is 13.2 Å². The first-order chi connectivity index (χ1) is 26.3. The average molecular weight is 762 g/mol. The second-order valence-electron chi connectivity index (χ2n) is 14.8. The van der Waals surface area contributed by atoms with Crippen molar-refractivity contribution >= 4 is 5.91 Å². The molecule has 1 rings (SSSR count). The Balaban J connectivity index is 2.28. The number of allylic oxidation sites excluding steroid dienone is 10. The van der Waals surface area contributed by atoms with Gasteiger partial charge in [0.2, 0.25) is 5.91 Å². The molecular formula is C45H79NO8. The number of hydrogen-bond donors (Lipinski definition) is 6. The number of unbranched alkanes of at least 4 members (excludes halogenated alkanes) is 14. The van der Waals surface area contributed by atoms with Crippen molar-refractivity contribution in [1.82, 2.24) is 5.32 Å². The van der Waals surface area contributed by atoms with Crippen LogP contribution in [0.3, 0.4) is 0 Å². The summed E-state index contributed by atoms with van der Waals surface area (Å²) in [4.78, 5) is 12.9. The molecule has 6 N–H and O–H groups in total. The summed E-state index contributed by atoms with van der Waals surface area (Å²) in [6.45, 7) is 3.65. The van der Waals surface area contributed by atoms with Gasteiger partial charge in [-0.05, 0) is 57.8 Å². The maximum absolute atomic E-state index is 12.9. The number of amides is 1. The lowest BCUT2D eigenvalue weighted by Crippen LogP contribution is -2.60. The number of ether oxygens (including phenoxy) is 2. The highest BCUT2D eigenvalue weighted by molar-refractivity contribution is 5.76. The highest BCUT2D eigenvalue weighted by atomic mass is 16.7. The monoisotopic (exact) mass is 762 g/mol. The molecule has 54 heavy (non-hydrogen) atoms.